The Morgan fingerprint density at radius 1 is 1.38 bits per heavy atom. The van der Waals surface area contributed by atoms with Crippen LogP contribution < -0.4 is 11.5 Å². The quantitative estimate of drug-likeness (QED) is 0.376. The van der Waals surface area contributed by atoms with Crippen LogP contribution in [0.2, 0.25) is 0 Å². The van der Waals surface area contributed by atoms with Crippen LogP contribution in [0.5, 0.6) is 0 Å². The SMILES string of the molecule is NC(=O)OC(=O)CC[C@H](N)C(=O)O. The summed E-state index contributed by atoms with van der Waals surface area (Å²) in [6.07, 6.45) is -1.56. The number of rotatable bonds is 4. The van der Waals surface area contributed by atoms with Gasteiger partial charge >= 0.3 is 18.0 Å². The number of nitrogens with two attached hydrogens (primary N) is 2. The summed E-state index contributed by atoms with van der Waals surface area (Å²) in [6, 6.07) is -1.14. The zero-order valence-electron chi connectivity index (χ0n) is 6.73. The van der Waals surface area contributed by atoms with Gasteiger partial charge in [-0.15, -0.1) is 0 Å². The van der Waals surface area contributed by atoms with Crippen LogP contribution in [0.3, 0.4) is 0 Å². The van der Waals surface area contributed by atoms with E-state index in [-0.39, 0.29) is 12.8 Å². The summed E-state index contributed by atoms with van der Waals surface area (Å²) in [6.45, 7) is 0. The van der Waals surface area contributed by atoms with Crippen LogP contribution >= 0.6 is 0 Å². The third kappa shape index (κ3) is 5.62. The molecule has 1 atom stereocenters. The smallest absolute Gasteiger partial charge is 0.412 e. The Morgan fingerprint density at radius 2 is 1.92 bits per heavy atom. The maximum atomic E-state index is 10.6. The molecule has 0 aromatic carbocycles. The van der Waals surface area contributed by atoms with E-state index in [2.05, 4.69) is 10.5 Å². The Bertz CT molecular complexity index is 227. The minimum absolute atomic E-state index is 0.0958. The number of hydrogen-bond donors (Lipinski definition) is 3. The maximum Gasteiger partial charge on any atom is 0.412 e. The summed E-state index contributed by atoms with van der Waals surface area (Å²) in [4.78, 5) is 30.8. The molecule has 1 amide bonds. The molecule has 7 heteroatoms. The van der Waals surface area contributed by atoms with Gasteiger partial charge in [-0.1, -0.05) is 0 Å². The summed E-state index contributed by atoms with van der Waals surface area (Å²) in [7, 11) is 0. The second kappa shape index (κ2) is 5.09. The van der Waals surface area contributed by atoms with Crippen molar-refractivity contribution in [2.75, 3.05) is 0 Å². The Hall–Kier alpha value is -1.63. The average molecular weight is 190 g/mol. The van der Waals surface area contributed by atoms with E-state index in [4.69, 9.17) is 10.8 Å². The van der Waals surface area contributed by atoms with Gasteiger partial charge in [0.2, 0.25) is 0 Å². The average Bonchev–Trinajstić information content (AvgIpc) is 1.98. The lowest BCUT2D eigenvalue weighted by atomic mass is 10.2. The molecule has 0 spiro atoms. The van der Waals surface area contributed by atoms with Crippen molar-refractivity contribution in [3.63, 3.8) is 0 Å². The molecule has 0 saturated heterocycles. The van der Waals surface area contributed by atoms with Crippen molar-refractivity contribution < 1.29 is 24.2 Å². The Morgan fingerprint density at radius 3 is 2.31 bits per heavy atom. The Labute approximate surface area is 73.6 Å². The van der Waals surface area contributed by atoms with E-state index in [0.29, 0.717) is 0 Å². The molecule has 0 aliphatic rings. The first-order chi connectivity index (χ1) is 5.93. The number of carbonyl (C=O) groups excluding carboxylic acids is 2. The number of esters is 1. The van der Waals surface area contributed by atoms with Gasteiger partial charge in [-0.3, -0.25) is 9.59 Å². The fourth-order valence-corrected chi connectivity index (χ4v) is 0.560. The lowest BCUT2D eigenvalue weighted by Crippen LogP contribution is -2.31. The molecule has 74 valence electrons. The number of hydrogen-bond acceptors (Lipinski definition) is 5. The minimum atomic E-state index is -1.22. The van der Waals surface area contributed by atoms with Gasteiger partial charge in [0.25, 0.3) is 0 Å². The monoisotopic (exact) mass is 190 g/mol. The first-order valence-corrected chi connectivity index (χ1v) is 3.42. The zero-order valence-corrected chi connectivity index (χ0v) is 6.73. The van der Waals surface area contributed by atoms with Crippen LogP contribution in [0.25, 0.3) is 0 Å². The summed E-state index contributed by atoms with van der Waals surface area (Å²) >= 11 is 0. The predicted molar refractivity (Wildman–Crippen MR) is 40.5 cm³/mol. The van der Waals surface area contributed by atoms with E-state index in [0.717, 1.165) is 0 Å². The third-order valence-corrected chi connectivity index (χ3v) is 1.19. The molecular formula is C6H10N2O5. The van der Waals surface area contributed by atoms with Gasteiger partial charge in [0, 0.05) is 6.42 Å². The number of carboxylic acid groups (broad SMARTS) is 1. The third-order valence-electron chi connectivity index (χ3n) is 1.19. The van der Waals surface area contributed by atoms with Gasteiger partial charge in [0.05, 0.1) is 0 Å². The topological polar surface area (TPSA) is 133 Å². The number of carboxylic acids is 1. The molecule has 7 nitrogen and oxygen atoms in total. The standard InChI is InChI=1S/C6H10N2O5/c7-3(5(10)11)1-2-4(9)13-6(8)12/h3H,1-2,7H2,(H2,8,12)(H,10,11)/t3-/m0/s1. The number of amides is 1. The fourth-order valence-electron chi connectivity index (χ4n) is 0.560. The van der Waals surface area contributed by atoms with Gasteiger partial charge in [0.1, 0.15) is 6.04 Å². The Kier molecular flexibility index (Phi) is 4.45. The molecule has 0 aromatic rings. The molecule has 0 aliphatic carbocycles. The van der Waals surface area contributed by atoms with Crippen LogP contribution in [0, 0.1) is 0 Å². The summed E-state index contributed by atoms with van der Waals surface area (Å²) in [5.41, 5.74) is 9.60. The van der Waals surface area contributed by atoms with E-state index >= 15 is 0 Å². The molecule has 0 aromatic heterocycles. The molecule has 0 aliphatic heterocycles. The highest BCUT2D eigenvalue weighted by molar-refractivity contribution is 5.84. The normalized spacial score (nSPS) is 11.8. The van der Waals surface area contributed by atoms with Gasteiger partial charge in [0.15, 0.2) is 0 Å². The minimum Gasteiger partial charge on any atom is -0.480 e. The largest absolute Gasteiger partial charge is 0.480 e. The van der Waals surface area contributed by atoms with Crippen molar-refractivity contribution in [3.8, 4) is 0 Å². The molecule has 0 saturated carbocycles. The van der Waals surface area contributed by atoms with Gasteiger partial charge < -0.3 is 21.3 Å². The molecular weight excluding hydrogens is 180 g/mol. The summed E-state index contributed by atoms with van der Waals surface area (Å²) < 4.78 is 3.93. The van der Waals surface area contributed by atoms with E-state index in [1.54, 1.807) is 0 Å². The van der Waals surface area contributed by atoms with Crippen LogP contribution in [-0.2, 0) is 14.3 Å². The van der Waals surface area contributed by atoms with Crippen molar-refractivity contribution in [2.24, 2.45) is 11.5 Å². The second-order valence-corrected chi connectivity index (χ2v) is 2.28. The molecule has 0 unspecified atom stereocenters. The van der Waals surface area contributed by atoms with E-state index in [1.807, 2.05) is 0 Å². The van der Waals surface area contributed by atoms with E-state index in [9.17, 15) is 14.4 Å². The highest BCUT2D eigenvalue weighted by Gasteiger charge is 2.14. The van der Waals surface area contributed by atoms with Crippen molar-refractivity contribution >= 4 is 18.0 Å². The van der Waals surface area contributed by atoms with Crippen molar-refractivity contribution in [1.82, 2.24) is 0 Å². The molecule has 5 N–H and O–H groups in total. The molecule has 0 fully saturated rings. The van der Waals surface area contributed by atoms with Crippen LogP contribution in [0.4, 0.5) is 4.79 Å². The fraction of sp³-hybridized carbons (Fsp3) is 0.500. The highest BCUT2D eigenvalue weighted by Crippen LogP contribution is 1.96. The predicted octanol–water partition coefficient (Wildman–Crippen LogP) is -1.20. The van der Waals surface area contributed by atoms with Crippen LogP contribution in [0.15, 0.2) is 0 Å². The number of carbonyl (C=O) groups is 3. The molecule has 13 heavy (non-hydrogen) atoms. The maximum absolute atomic E-state index is 10.6. The highest BCUT2D eigenvalue weighted by atomic mass is 16.6. The van der Waals surface area contributed by atoms with Gasteiger partial charge in [-0.25, -0.2) is 4.79 Å². The number of aliphatic carboxylic acids is 1. The van der Waals surface area contributed by atoms with Gasteiger partial charge in [-0.05, 0) is 6.42 Å². The molecule has 0 bridgehead atoms. The first kappa shape index (κ1) is 11.4. The second-order valence-electron chi connectivity index (χ2n) is 2.28. The van der Waals surface area contributed by atoms with Crippen LogP contribution in [0.1, 0.15) is 12.8 Å². The molecule has 0 heterocycles. The van der Waals surface area contributed by atoms with Gasteiger partial charge in [-0.2, -0.15) is 0 Å². The molecule has 0 rings (SSSR count). The molecule has 0 radical (unpaired) electrons. The van der Waals surface area contributed by atoms with Crippen LogP contribution in [-0.4, -0.2) is 29.2 Å². The lowest BCUT2D eigenvalue weighted by molar-refractivity contribution is -0.139. The number of ether oxygens (including phenoxy) is 1. The first-order valence-electron chi connectivity index (χ1n) is 3.42. The Balaban J connectivity index is 3.70. The van der Waals surface area contributed by atoms with E-state index in [1.165, 1.54) is 0 Å². The zero-order chi connectivity index (χ0) is 10.4. The van der Waals surface area contributed by atoms with Crippen molar-refractivity contribution in [2.45, 2.75) is 18.9 Å². The lowest BCUT2D eigenvalue weighted by Gasteiger charge is -2.03. The van der Waals surface area contributed by atoms with Crippen molar-refractivity contribution in [1.29, 1.82) is 0 Å². The number of primary amides is 1. The summed E-state index contributed by atoms with van der Waals surface area (Å²) in [5, 5.41) is 8.31. The summed E-state index contributed by atoms with van der Waals surface area (Å²) in [5.74, 6) is -2.10. The van der Waals surface area contributed by atoms with Crippen molar-refractivity contribution in [3.05, 3.63) is 0 Å². The van der Waals surface area contributed by atoms with E-state index < -0.39 is 24.1 Å².